The number of ether oxygens (including phenoxy) is 2. The van der Waals surface area contributed by atoms with Gasteiger partial charge >= 0.3 is 0 Å². The van der Waals surface area contributed by atoms with Crippen molar-refractivity contribution < 1.29 is 19.6 Å². The van der Waals surface area contributed by atoms with Gasteiger partial charge in [0.2, 0.25) is 0 Å². The molecule has 0 unspecified atom stereocenters. The second-order valence-corrected chi connectivity index (χ2v) is 7.44. The van der Waals surface area contributed by atoms with E-state index in [-0.39, 0.29) is 18.5 Å². The molecular weight excluding hydrogens is 372 g/mol. The standard InChI is InChI=1S/C22H24N2O3S/c1-15-6-8-16(9-7-15)22(20-5-4-12-28-20)23-14-21(25)24-18-13-17(26-2)10-11-19(18)27-3/h4-13,22-23H,14H2,1-3H3,(H,24,25)/p+1/t22-/m0/s1. The Bertz CT molecular complexity index is 908. The molecule has 0 aliphatic carbocycles. The monoisotopic (exact) mass is 397 g/mol. The van der Waals surface area contributed by atoms with E-state index in [9.17, 15) is 4.79 Å². The van der Waals surface area contributed by atoms with Crippen LogP contribution in [0.15, 0.2) is 60.0 Å². The molecule has 0 bridgehead atoms. The van der Waals surface area contributed by atoms with Gasteiger partial charge in [-0.3, -0.25) is 4.79 Å². The highest BCUT2D eigenvalue weighted by Gasteiger charge is 2.20. The van der Waals surface area contributed by atoms with Crippen LogP contribution in [0.5, 0.6) is 11.5 Å². The molecule has 1 heterocycles. The lowest BCUT2D eigenvalue weighted by Gasteiger charge is -2.16. The first-order valence-corrected chi connectivity index (χ1v) is 9.94. The second kappa shape index (κ2) is 9.39. The lowest BCUT2D eigenvalue weighted by Crippen LogP contribution is -2.87. The number of methoxy groups -OCH3 is 2. The largest absolute Gasteiger partial charge is 0.497 e. The molecule has 1 atom stereocenters. The number of thiophene rings is 1. The summed E-state index contributed by atoms with van der Waals surface area (Å²) in [7, 11) is 3.17. The fraction of sp³-hybridized carbons (Fsp3) is 0.227. The van der Waals surface area contributed by atoms with Crippen molar-refractivity contribution in [3.63, 3.8) is 0 Å². The molecule has 2 aromatic carbocycles. The van der Waals surface area contributed by atoms with E-state index in [1.54, 1.807) is 43.8 Å². The normalized spacial score (nSPS) is 11.7. The first-order valence-electron chi connectivity index (χ1n) is 9.06. The van der Waals surface area contributed by atoms with Crippen LogP contribution in [-0.4, -0.2) is 26.7 Å². The number of nitrogens with two attached hydrogens (primary N) is 1. The molecule has 3 rings (SSSR count). The minimum atomic E-state index is -0.0970. The maximum Gasteiger partial charge on any atom is 0.279 e. The zero-order valence-electron chi connectivity index (χ0n) is 16.3. The summed E-state index contributed by atoms with van der Waals surface area (Å²) in [5.41, 5.74) is 3.00. The van der Waals surface area contributed by atoms with Crippen molar-refractivity contribution in [2.75, 3.05) is 26.1 Å². The number of anilines is 1. The van der Waals surface area contributed by atoms with Crippen molar-refractivity contribution in [3.8, 4) is 11.5 Å². The molecule has 0 fully saturated rings. The predicted molar refractivity (Wildman–Crippen MR) is 112 cm³/mol. The lowest BCUT2D eigenvalue weighted by atomic mass is 10.0. The summed E-state index contributed by atoms with van der Waals surface area (Å²) in [6.07, 6.45) is 0. The lowest BCUT2D eigenvalue weighted by molar-refractivity contribution is -0.675. The summed E-state index contributed by atoms with van der Waals surface area (Å²) < 4.78 is 10.6. The van der Waals surface area contributed by atoms with Gasteiger partial charge in [0.05, 0.1) is 24.8 Å². The third-order valence-electron chi connectivity index (χ3n) is 4.51. The van der Waals surface area contributed by atoms with Gasteiger partial charge in [-0.15, -0.1) is 11.3 Å². The average Bonchev–Trinajstić information content (AvgIpc) is 3.24. The van der Waals surface area contributed by atoms with Crippen LogP contribution >= 0.6 is 11.3 Å². The molecule has 0 saturated carbocycles. The molecule has 0 saturated heterocycles. The van der Waals surface area contributed by atoms with Gasteiger partial charge in [0.15, 0.2) is 6.54 Å². The first-order chi connectivity index (χ1) is 13.6. The number of carbonyl (C=O) groups excluding carboxylic acids is 1. The molecule has 0 spiro atoms. The minimum Gasteiger partial charge on any atom is -0.497 e. The van der Waals surface area contributed by atoms with Crippen molar-refractivity contribution in [2.45, 2.75) is 13.0 Å². The Labute approximate surface area is 169 Å². The zero-order valence-corrected chi connectivity index (χ0v) is 17.1. The van der Waals surface area contributed by atoms with E-state index in [2.05, 4.69) is 53.3 Å². The van der Waals surface area contributed by atoms with E-state index in [1.807, 2.05) is 6.07 Å². The number of quaternary nitrogens is 1. The van der Waals surface area contributed by atoms with Crippen molar-refractivity contribution >= 4 is 22.9 Å². The third-order valence-corrected chi connectivity index (χ3v) is 5.46. The summed E-state index contributed by atoms with van der Waals surface area (Å²) in [4.78, 5) is 13.8. The minimum absolute atomic E-state index is 0.0820. The number of rotatable bonds is 8. The second-order valence-electron chi connectivity index (χ2n) is 6.46. The highest BCUT2D eigenvalue weighted by molar-refractivity contribution is 7.10. The smallest absolute Gasteiger partial charge is 0.279 e. The number of hydrogen-bond acceptors (Lipinski definition) is 4. The Balaban J connectivity index is 1.71. The summed E-state index contributed by atoms with van der Waals surface area (Å²) in [6, 6.07) is 18.0. The quantitative estimate of drug-likeness (QED) is 0.613. The Morgan fingerprint density at radius 3 is 2.54 bits per heavy atom. The molecule has 3 aromatic rings. The van der Waals surface area contributed by atoms with Crippen LogP contribution in [0.25, 0.3) is 0 Å². The van der Waals surface area contributed by atoms with E-state index >= 15 is 0 Å². The van der Waals surface area contributed by atoms with E-state index in [1.165, 1.54) is 16.0 Å². The summed E-state index contributed by atoms with van der Waals surface area (Å²) in [5.74, 6) is 1.17. The molecule has 0 aliphatic heterocycles. The fourth-order valence-electron chi connectivity index (χ4n) is 3.00. The van der Waals surface area contributed by atoms with Gasteiger partial charge in [0.1, 0.15) is 17.5 Å². The molecule has 3 N–H and O–H groups in total. The highest BCUT2D eigenvalue weighted by Crippen LogP contribution is 2.28. The fourth-order valence-corrected chi connectivity index (χ4v) is 3.85. The number of nitrogens with one attached hydrogen (secondary N) is 1. The number of carbonyl (C=O) groups is 1. The summed E-state index contributed by atoms with van der Waals surface area (Å²) >= 11 is 1.70. The van der Waals surface area contributed by atoms with E-state index in [4.69, 9.17) is 9.47 Å². The van der Waals surface area contributed by atoms with Gasteiger partial charge in [0, 0.05) is 11.6 Å². The number of hydrogen-bond donors (Lipinski definition) is 2. The van der Waals surface area contributed by atoms with Gasteiger partial charge in [-0.1, -0.05) is 35.9 Å². The topological polar surface area (TPSA) is 64.2 Å². The Kier molecular flexibility index (Phi) is 6.68. The van der Waals surface area contributed by atoms with E-state index in [0.717, 1.165) is 0 Å². The molecule has 0 aliphatic rings. The molecule has 0 radical (unpaired) electrons. The molecule has 6 heteroatoms. The van der Waals surface area contributed by atoms with Crippen molar-refractivity contribution in [2.24, 2.45) is 0 Å². The van der Waals surface area contributed by atoms with Gasteiger partial charge in [-0.2, -0.15) is 0 Å². The SMILES string of the molecule is COc1ccc(OC)c(NC(=O)C[NH2+][C@@H](c2ccc(C)cc2)c2cccs2)c1. The van der Waals surface area contributed by atoms with Gasteiger partial charge in [-0.25, -0.2) is 0 Å². The number of aryl methyl sites for hydroxylation is 1. The van der Waals surface area contributed by atoms with Crippen molar-refractivity contribution in [1.82, 2.24) is 0 Å². The first kappa shape index (κ1) is 19.9. The summed E-state index contributed by atoms with van der Waals surface area (Å²) in [5, 5.41) is 7.04. The molecule has 28 heavy (non-hydrogen) atoms. The Hall–Kier alpha value is -2.83. The highest BCUT2D eigenvalue weighted by atomic mass is 32.1. The van der Waals surface area contributed by atoms with Gasteiger partial charge in [0.25, 0.3) is 5.91 Å². The summed E-state index contributed by atoms with van der Waals surface area (Å²) in [6.45, 7) is 2.36. The maximum absolute atomic E-state index is 12.6. The molecular formula is C22H25N2O3S+. The molecule has 146 valence electrons. The van der Waals surface area contributed by atoms with Crippen LogP contribution < -0.4 is 20.1 Å². The molecule has 1 aromatic heterocycles. The molecule has 1 amide bonds. The van der Waals surface area contributed by atoms with E-state index < -0.39 is 0 Å². The predicted octanol–water partition coefficient (Wildman–Crippen LogP) is 3.37. The van der Waals surface area contributed by atoms with Crippen LogP contribution in [0.3, 0.4) is 0 Å². The third kappa shape index (κ3) is 4.91. The van der Waals surface area contributed by atoms with Crippen LogP contribution in [0.2, 0.25) is 0 Å². The number of benzene rings is 2. The average molecular weight is 398 g/mol. The Morgan fingerprint density at radius 2 is 1.89 bits per heavy atom. The van der Waals surface area contributed by atoms with Crippen LogP contribution in [0.1, 0.15) is 22.0 Å². The number of amides is 1. The molecule has 5 nitrogen and oxygen atoms in total. The Morgan fingerprint density at radius 1 is 1.11 bits per heavy atom. The van der Waals surface area contributed by atoms with Crippen molar-refractivity contribution in [3.05, 3.63) is 76.0 Å². The maximum atomic E-state index is 12.6. The van der Waals surface area contributed by atoms with Gasteiger partial charge in [-0.05, 0) is 30.5 Å². The van der Waals surface area contributed by atoms with Crippen LogP contribution in [-0.2, 0) is 4.79 Å². The van der Waals surface area contributed by atoms with Gasteiger partial charge < -0.3 is 20.1 Å². The van der Waals surface area contributed by atoms with Crippen LogP contribution in [0.4, 0.5) is 5.69 Å². The van der Waals surface area contributed by atoms with Crippen molar-refractivity contribution in [1.29, 1.82) is 0 Å². The zero-order chi connectivity index (χ0) is 19.9. The van der Waals surface area contributed by atoms with E-state index in [0.29, 0.717) is 17.2 Å². The van der Waals surface area contributed by atoms with Crippen LogP contribution in [0, 0.1) is 6.92 Å².